The van der Waals surface area contributed by atoms with E-state index in [2.05, 4.69) is 40.2 Å². The molecule has 0 saturated heterocycles. The molecule has 0 radical (unpaired) electrons. The highest BCUT2D eigenvalue weighted by molar-refractivity contribution is 9.10. The summed E-state index contributed by atoms with van der Waals surface area (Å²) in [5, 5.41) is 8.59. The molecule has 3 nitrogen and oxygen atoms in total. The summed E-state index contributed by atoms with van der Waals surface area (Å²) in [6, 6.07) is 7.82. The normalized spacial score (nSPS) is 11.2. The Morgan fingerprint density at radius 1 is 1.37 bits per heavy atom. The molecule has 0 unspecified atom stereocenters. The van der Waals surface area contributed by atoms with Crippen LogP contribution in [-0.4, -0.2) is 16.3 Å². The van der Waals surface area contributed by atoms with E-state index in [0.717, 1.165) is 28.9 Å². The van der Waals surface area contributed by atoms with E-state index in [1.165, 1.54) is 0 Å². The third-order valence-electron chi connectivity index (χ3n) is 2.67. The minimum atomic E-state index is 0.646. The van der Waals surface area contributed by atoms with Crippen LogP contribution in [-0.2, 0) is 6.54 Å². The number of nitrogens with zero attached hydrogens (tertiary/aromatic N) is 2. The molecule has 2 aromatic rings. The van der Waals surface area contributed by atoms with E-state index in [4.69, 9.17) is 11.6 Å². The zero-order chi connectivity index (χ0) is 13.8. The first kappa shape index (κ1) is 14.6. The van der Waals surface area contributed by atoms with Gasteiger partial charge < -0.3 is 5.32 Å². The van der Waals surface area contributed by atoms with Gasteiger partial charge >= 0.3 is 0 Å². The van der Waals surface area contributed by atoms with Crippen molar-refractivity contribution < 1.29 is 0 Å². The van der Waals surface area contributed by atoms with E-state index < -0.39 is 0 Å². The van der Waals surface area contributed by atoms with Crippen LogP contribution in [0.2, 0.25) is 5.02 Å². The van der Waals surface area contributed by atoms with Crippen molar-refractivity contribution in [1.29, 1.82) is 0 Å². The van der Waals surface area contributed by atoms with Crippen LogP contribution in [0, 0.1) is 5.92 Å². The first-order valence-corrected chi connectivity index (χ1v) is 7.44. The summed E-state index contributed by atoms with van der Waals surface area (Å²) < 4.78 is 2.73. The third-order valence-corrected chi connectivity index (χ3v) is 3.90. The summed E-state index contributed by atoms with van der Waals surface area (Å²) in [6.07, 6.45) is 1.95. The quantitative estimate of drug-likeness (QED) is 0.889. The molecule has 0 saturated carbocycles. The van der Waals surface area contributed by atoms with E-state index in [-0.39, 0.29) is 0 Å². The summed E-state index contributed by atoms with van der Waals surface area (Å²) in [5.41, 5.74) is 1.99. The van der Waals surface area contributed by atoms with Gasteiger partial charge in [-0.3, -0.25) is 0 Å². The summed E-state index contributed by atoms with van der Waals surface area (Å²) >= 11 is 9.47. The zero-order valence-electron chi connectivity index (χ0n) is 11.0. The maximum Gasteiger partial charge on any atom is 0.0766 e. The Balaban J connectivity index is 2.05. The lowest BCUT2D eigenvalue weighted by molar-refractivity contribution is 0.546. The van der Waals surface area contributed by atoms with Crippen LogP contribution in [0.3, 0.4) is 0 Å². The van der Waals surface area contributed by atoms with Crippen molar-refractivity contribution in [2.24, 2.45) is 5.92 Å². The summed E-state index contributed by atoms with van der Waals surface area (Å²) in [7, 11) is 0. The first-order valence-electron chi connectivity index (χ1n) is 6.27. The van der Waals surface area contributed by atoms with E-state index in [1.54, 1.807) is 0 Å². The Morgan fingerprint density at radius 2 is 2.16 bits per heavy atom. The van der Waals surface area contributed by atoms with Gasteiger partial charge in [0.15, 0.2) is 0 Å². The average molecular weight is 343 g/mol. The molecule has 0 fully saturated rings. The molecular weight excluding hydrogens is 326 g/mol. The fraction of sp³-hybridized carbons (Fsp3) is 0.357. The monoisotopic (exact) mass is 341 g/mol. The standard InChI is InChI=1S/C14H17BrClN3/c1-10(2)8-17-9-11-5-6-19(18-11)12-3-4-13(15)14(16)7-12/h3-7,10,17H,8-9H2,1-2H3. The molecule has 5 heteroatoms. The Labute approximate surface area is 127 Å². The van der Waals surface area contributed by atoms with Gasteiger partial charge in [-0.1, -0.05) is 25.4 Å². The highest BCUT2D eigenvalue weighted by atomic mass is 79.9. The van der Waals surface area contributed by atoms with Gasteiger partial charge in [0.2, 0.25) is 0 Å². The molecule has 0 aliphatic heterocycles. The largest absolute Gasteiger partial charge is 0.311 e. The number of halogens is 2. The fourth-order valence-corrected chi connectivity index (χ4v) is 2.14. The Kier molecular flexibility index (Phi) is 5.02. The molecule has 0 aliphatic rings. The van der Waals surface area contributed by atoms with Crippen LogP contribution in [0.25, 0.3) is 5.69 Å². The van der Waals surface area contributed by atoms with E-state index >= 15 is 0 Å². The van der Waals surface area contributed by atoms with Crippen molar-refractivity contribution in [3.8, 4) is 5.69 Å². The second kappa shape index (κ2) is 6.55. The number of hydrogen-bond donors (Lipinski definition) is 1. The van der Waals surface area contributed by atoms with Gasteiger partial charge in [-0.25, -0.2) is 4.68 Å². The van der Waals surface area contributed by atoms with Gasteiger partial charge in [-0.15, -0.1) is 0 Å². The molecule has 1 N–H and O–H groups in total. The predicted octanol–water partition coefficient (Wildman–Crippen LogP) is 4.03. The van der Waals surface area contributed by atoms with Crippen molar-refractivity contribution in [3.63, 3.8) is 0 Å². The number of benzene rings is 1. The summed E-state index contributed by atoms with van der Waals surface area (Å²) in [6.45, 7) is 6.16. The van der Waals surface area contributed by atoms with Crippen molar-refractivity contribution in [3.05, 3.63) is 45.7 Å². The van der Waals surface area contributed by atoms with E-state index in [0.29, 0.717) is 10.9 Å². The molecule has 2 rings (SSSR count). The van der Waals surface area contributed by atoms with Crippen LogP contribution < -0.4 is 5.32 Å². The number of aromatic nitrogens is 2. The van der Waals surface area contributed by atoms with Crippen molar-refractivity contribution in [2.45, 2.75) is 20.4 Å². The topological polar surface area (TPSA) is 29.9 Å². The van der Waals surface area contributed by atoms with Gasteiger partial charge in [0.1, 0.15) is 0 Å². The van der Waals surface area contributed by atoms with E-state index in [9.17, 15) is 0 Å². The van der Waals surface area contributed by atoms with E-state index in [1.807, 2.05) is 35.1 Å². The Bertz CT molecular complexity index is 551. The average Bonchev–Trinajstić information content (AvgIpc) is 2.81. The summed E-state index contributed by atoms with van der Waals surface area (Å²) in [5.74, 6) is 0.646. The SMILES string of the molecule is CC(C)CNCc1ccn(-c2ccc(Br)c(Cl)c2)n1. The molecule has 0 spiro atoms. The van der Waals surface area contributed by atoms with Crippen molar-refractivity contribution in [2.75, 3.05) is 6.54 Å². The minimum absolute atomic E-state index is 0.646. The zero-order valence-corrected chi connectivity index (χ0v) is 13.4. The molecule has 0 amide bonds. The third kappa shape index (κ3) is 4.06. The van der Waals surface area contributed by atoms with Gasteiger partial charge in [0, 0.05) is 17.2 Å². The maximum atomic E-state index is 6.09. The Hall–Kier alpha value is -0.840. The van der Waals surface area contributed by atoms with Crippen LogP contribution in [0.5, 0.6) is 0 Å². The fourth-order valence-electron chi connectivity index (χ4n) is 1.72. The van der Waals surface area contributed by atoms with Gasteiger partial charge in [0.25, 0.3) is 0 Å². The highest BCUT2D eigenvalue weighted by Gasteiger charge is 2.04. The second-order valence-corrected chi connectivity index (χ2v) is 6.14. The highest BCUT2D eigenvalue weighted by Crippen LogP contribution is 2.24. The first-order chi connectivity index (χ1) is 9.06. The number of hydrogen-bond acceptors (Lipinski definition) is 2. The van der Waals surface area contributed by atoms with Crippen LogP contribution in [0.1, 0.15) is 19.5 Å². The molecule has 1 aromatic carbocycles. The molecule has 0 bridgehead atoms. The molecule has 0 atom stereocenters. The molecule has 102 valence electrons. The lowest BCUT2D eigenvalue weighted by atomic mass is 10.2. The second-order valence-electron chi connectivity index (χ2n) is 4.87. The van der Waals surface area contributed by atoms with Crippen LogP contribution in [0.4, 0.5) is 0 Å². The maximum absolute atomic E-state index is 6.09. The molecule has 1 aromatic heterocycles. The van der Waals surface area contributed by atoms with Crippen LogP contribution in [0.15, 0.2) is 34.9 Å². The summed E-state index contributed by atoms with van der Waals surface area (Å²) in [4.78, 5) is 0. The predicted molar refractivity (Wildman–Crippen MR) is 82.8 cm³/mol. The van der Waals surface area contributed by atoms with Crippen molar-refractivity contribution in [1.82, 2.24) is 15.1 Å². The molecule has 1 heterocycles. The molecule has 19 heavy (non-hydrogen) atoms. The lowest BCUT2D eigenvalue weighted by Crippen LogP contribution is -2.19. The Morgan fingerprint density at radius 3 is 2.84 bits per heavy atom. The number of rotatable bonds is 5. The number of nitrogens with one attached hydrogen (secondary N) is 1. The molecular formula is C14H17BrClN3. The van der Waals surface area contributed by atoms with Gasteiger partial charge in [-0.2, -0.15) is 5.10 Å². The van der Waals surface area contributed by atoms with Gasteiger partial charge in [-0.05, 0) is 52.7 Å². The minimum Gasteiger partial charge on any atom is -0.311 e. The van der Waals surface area contributed by atoms with Crippen LogP contribution >= 0.6 is 27.5 Å². The van der Waals surface area contributed by atoms with Crippen molar-refractivity contribution >= 4 is 27.5 Å². The smallest absolute Gasteiger partial charge is 0.0766 e. The van der Waals surface area contributed by atoms with Gasteiger partial charge in [0.05, 0.1) is 16.4 Å². The lowest BCUT2D eigenvalue weighted by Gasteiger charge is -2.05. The molecule has 0 aliphatic carbocycles.